The van der Waals surface area contributed by atoms with Gasteiger partial charge in [0.1, 0.15) is 11.8 Å². The Balaban J connectivity index is 1.87. The molecular formula is C16H19F2NO4. The Labute approximate surface area is 132 Å². The normalized spacial score (nSPS) is 14.9. The quantitative estimate of drug-likeness (QED) is 0.805. The van der Waals surface area contributed by atoms with Gasteiger partial charge in [-0.05, 0) is 48.9 Å². The van der Waals surface area contributed by atoms with Crippen LogP contribution in [0.4, 0.5) is 8.78 Å². The topological polar surface area (TPSA) is 75.6 Å². The first-order valence-corrected chi connectivity index (χ1v) is 7.50. The zero-order valence-electron chi connectivity index (χ0n) is 12.6. The van der Waals surface area contributed by atoms with E-state index in [9.17, 15) is 18.4 Å². The van der Waals surface area contributed by atoms with Crippen molar-refractivity contribution in [2.24, 2.45) is 0 Å². The number of carboxylic acids is 1. The highest BCUT2D eigenvalue weighted by Gasteiger charge is 2.24. The van der Waals surface area contributed by atoms with Gasteiger partial charge in [0.15, 0.2) is 6.61 Å². The maximum atomic E-state index is 12.3. The van der Waals surface area contributed by atoms with Gasteiger partial charge in [-0.3, -0.25) is 4.79 Å². The van der Waals surface area contributed by atoms with Crippen LogP contribution in [-0.2, 0) is 22.4 Å². The maximum absolute atomic E-state index is 12.3. The number of ether oxygens (including phenoxy) is 1. The molecule has 0 saturated carbocycles. The van der Waals surface area contributed by atoms with Crippen molar-refractivity contribution in [1.82, 2.24) is 5.32 Å². The van der Waals surface area contributed by atoms with Gasteiger partial charge in [-0.25, -0.2) is 13.6 Å². The molecule has 2 rings (SSSR count). The first-order valence-electron chi connectivity index (χ1n) is 7.50. The third-order valence-corrected chi connectivity index (χ3v) is 3.74. The molecule has 0 heterocycles. The summed E-state index contributed by atoms with van der Waals surface area (Å²) in [5, 5.41) is 10.8. The standard InChI is InChI=1S/C16H19F2NO4/c17-14(18)8-13(16(21)22)19-15(20)9-23-12-6-5-10-3-1-2-4-11(10)7-12/h5-7,13-14H,1-4,8-9H2,(H,19,20)(H,21,22). The van der Waals surface area contributed by atoms with E-state index in [-0.39, 0.29) is 0 Å². The van der Waals surface area contributed by atoms with E-state index in [1.165, 1.54) is 11.1 Å². The minimum absolute atomic E-state index is 0.411. The Bertz CT molecular complexity index is 577. The van der Waals surface area contributed by atoms with E-state index in [1.54, 1.807) is 6.07 Å². The van der Waals surface area contributed by atoms with Gasteiger partial charge in [0, 0.05) is 6.42 Å². The summed E-state index contributed by atoms with van der Waals surface area (Å²) in [7, 11) is 0. The lowest BCUT2D eigenvalue weighted by Gasteiger charge is -2.17. The molecule has 1 unspecified atom stereocenters. The van der Waals surface area contributed by atoms with E-state index in [0.29, 0.717) is 5.75 Å². The Kier molecular flexibility index (Phi) is 5.90. The molecule has 0 saturated heterocycles. The summed E-state index contributed by atoms with van der Waals surface area (Å²) in [5.41, 5.74) is 2.46. The molecule has 0 aliphatic heterocycles. The number of carboxylic acid groups (broad SMARTS) is 1. The molecule has 1 aliphatic rings. The predicted molar refractivity (Wildman–Crippen MR) is 78.8 cm³/mol. The first-order chi connectivity index (χ1) is 11.0. The van der Waals surface area contributed by atoms with Gasteiger partial charge in [-0.1, -0.05) is 6.07 Å². The van der Waals surface area contributed by atoms with E-state index >= 15 is 0 Å². The number of halogens is 2. The van der Waals surface area contributed by atoms with Crippen molar-refractivity contribution in [2.45, 2.75) is 44.6 Å². The number of nitrogens with one attached hydrogen (secondary N) is 1. The molecule has 1 aromatic rings. The Morgan fingerprint density at radius 1 is 1.22 bits per heavy atom. The van der Waals surface area contributed by atoms with Gasteiger partial charge in [-0.15, -0.1) is 0 Å². The maximum Gasteiger partial charge on any atom is 0.326 e. The average Bonchev–Trinajstić information content (AvgIpc) is 2.51. The van der Waals surface area contributed by atoms with Crippen LogP contribution < -0.4 is 10.1 Å². The van der Waals surface area contributed by atoms with Crippen molar-refractivity contribution in [2.75, 3.05) is 6.61 Å². The molecule has 1 aliphatic carbocycles. The first kappa shape index (κ1) is 17.2. The van der Waals surface area contributed by atoms with Crippen molar-refractivity contribution < 1.29 is 28.2 Å². The fourth-order valence-corrected chi connectivity index (χ4v) is 2.58. The van der Waals surface area contributed by atoms with E-state index in [4.69, 9.17) is 9.84 Å². The molecular weight excluding hydrogens is 308 g/mol. The zero-order valence-corrected chi connectivity index (χ0v) is 12.6. The Morgan fingerprint density at radius 2 is 1.91 bits per heavy atom. The number of hydrogen-bond acceptors (Lipinski definition) is 3. The monoisotopic (exact) mass is 327 g/mol. The van der Waals surface area contributed by atoms with Gasteiger partial charge in [-0.2, -0.15) is 0 Å². The molecule has 126 valence electrons. The van der Waals surface area contributed by atoms with Crippen LogP contribution >= 0.6 is 0 Å². The van der Waals surface area contributed by atoms with Crippen LogP contribution in [0, 0.1) is 0 Å². The molecule has 0 bridgehead atoms. The molecule has 0 radical (unpaired) electrons. The van der Waals surface area contributed by atoms with Crippen molar-refractivity contribution in [3.8, 4) is 5.75 Å². The summed E-state index contributed by atoms with van der Waals surface area (Å²) in [4.78, 5) is 22.5. The van der Waals surface area contributed by atoms with E-state index in [1.807, 2.05) is 17.4 Å². The Morgan fingerprint density at radius 3 is 2.57 bits per heavy atom. The fraction of sp³-hybridized carbons (Fsp3) is 0.500. The molecule has 2 N–H and O–H groups in total. The summed E-state index contributed by atoms with van der Waals surface area (Å²) in [6, 6.07) is 3.97. The molecule has 5 nitrogen and oxygen atoms in total. The minimum atomic E-state index is -2.81. The molecule has 0 aromatic heterocycles. The lowest BCUT2D eigenvalue weighted by molar-refractivity contribution is -0.143. The van der Waals surface area contributed by atoms with Crippen LogP contribution in [0.5, 0.6) is 5.75 Å². The highest BCUT2D eigenvalue weighted by Crippen LogP contribution is 2.25. The highest BCUT2D eigenvalue weighted by molar-refractivity contribution is 5.84. The van der Waals surface area contributed by atoms with Crippen molar-refractivity contribution in [3.05, 3.63) is 29.3 Å². The summed E-state index contributed by atoms with van der Waals surface area (Å²) >= 11 is 0. The largest absolute Gasteiger partial charge is 0.484 e. The van der Waals surface area contributed by atoms with Crippen molar-refractivity contribution in [3.63, 3.8) is 0 Å². The third kappa shape index (κ3) is 5.19. The van der Waals surface area contributed by atoms with Crippen molar-refractivity contribution in [1.29, 1.82) is 0 Å². The lowest BCUT2D eigenvalue weighted by atomic mass is 9.92. The zero-order chi connectivity index (χ0) is 16.8. The smallest absolute Gasteiger partial charge is 0.326 e. The molecule has 1 amide bonds. The second kappa shape index (κ2) is 7.89. The third-order valence-electron chi connectivity index (χ3n) is 3.74. The molecule has 23 heavy (non-hydrogen) atoms. The summed E-state index contributed by atoms with van der Waals surface area (Å²) in [5.74, 6) is -1.72. The summed E-state index contributed by atoms with van der Waals surface area (Å²) in [6.07, 6.45) is 0.539. The average molecular weight is 327 g/mol. The number of aryl methyl sites for hydroxylation is 2. The molecule has 0 spiro atoms. The van der Waals surface area contributed by atoms with E-state index in [0.717, 1.165) is 25.7 Å². The van der Waals surface area contributed by atoms with Crippen LogP contribution in [0.15, 0.2) is 18.2 Å². The van der Waals surface area contributed by atoms with Gasteiger partial charge < -0.3 is 15.2 Å². The van der Waals surface area contributed by atoms with Crippen LogP contribution in [0.1, 0.15) is 30.4 Å². The Hall–Kier alpha value is -2.18. The number of rotatable bonds is 7. The molecule has 1 atom stereocenters. The van der Waals surface area contributed by atoms with Crippen molar-refractivity contribution >= 4 is 11.9 Å². The van der Waals surface area contributed by atoms with Gasteiger partial charge in [0.2, 0.25) is 6.43 Å². The van der Waals surface area contributed by atoms with E-state index in [2.05, 4.69) is 0 Å². The second-order valence-corrected chi connectivity index (χ2v) is 5.51. The van der Waals surface area contributed by atoms with Gasteiger partial charge >= 0.3 is 5.97 Å². The molecule has 7 heteroatoms. The second-order valence-electron chi connectivity index (χ2n) is 5.51. The SMILES string of the molecule is O=C(COc1ccc2c(c1)CCCC2)NC(CC(F)F)C(=O)O. The fourth-order valence-electron chi connectivity index (χ4n) is 2.58. The lowest BCUT2D eigenvalue weighted by Crippen LogP contribution is -2.44. The number of carbonyl (C=O) groups is 2. The number of benzene rings is 1. The number of fused-ring (bicyclic) bond motifs is 1. The van der Waals surface area contributed by atoms with Crippen LogP contribution in [0.2, 0.25) is 0 Å². The number of alkyl halides is 2. The van der Waals surface area contributed by atoms with Crippen LogP contribution in [0.3, 0.4) is 0 Å². The highest BCUT2D eigenvalue weighted by atomic mass is 19.3. The minimum Gasteiger partial charge on any atom is -0.484 e. The van der Waals surface area contributed by atoms with E-state index < -0.39 is 37.4 Å². The van der Waals surface area contributed by atoms with Crippen LogP contribution in [-0.4, -0.2) is 36.1 Å². The summed E-state index contributed by atoms with van der Waals surface area (Å²) in [6.45, 7) is -0.411. The number of hydrogen-bond donors (Lipinski definition) is 2. The molecule has 0 fully saturated rings. The molecule has 1 aromatic carbocycles. The van der Waals surface area contributed by atoms with Gasteiger partial charge in [0.25, 0.3) is 5.91 Å². The van der Waals surface area contributed by atoms with Gasteiger partial charge in [0.05, 0.1) is 0 Å². The van der Waals surface area contributed by atoms with Crippen LogP contribution in [0.25, 0.3) is 0 Å². The number of amides is 1. The summed E-state index contributed by atoms with van der Waals surface area (Å²) < 4.78 is 29.8. The number of carbonyl (C=O) groups excluding carboxylic acids is 1. The predicted octanol–water partition coefficient (Wildman–Crippen LogP) is 2.17. The number of aliphatic carboxylic acids is 1.